The number of aromatic nitrogens is 6. The molecule has 0 aliphatic heterocycles. The van der Waals surface area contributed by atoms with E-state index in [1.165, 1.54) is 0 Å². The van der Waals surface area contributed by atoms with Crippen LogP contribution in [0, 0.1) is 13.8 Å². The first kappa shape index (κ1) is 9.46. The van der Waals surface area contributed by atoms with Gasteiger partial charge in [-0.25, -0.2) is 10.5 Å². The third-order valence-electron chi connectivity index (χ3n) is 1.80. The highest BCUT2D eigenvalue weighted by Gasteiger charge is 2.07. The largest absolute Gasteiger partial charge is 0.290 e. The molecule has 3 N–H and O–H groups in total. The number of hydrogen-bond acceptors (Lipinski definition) is 7. The predicted molar refractivity (Wildman–Crippen MR) is 52.0 cm³/mol. The number of hydrazine groups is 1. The Morgan fingerprint density at radius 1 is 1.20 bits per heavy atom. The molecule has 2 heterocycles. The van der Waals surface area contributed by atoms with E-state index >= 15 is 0 Å². The monoisotopic (exact) mass is 206 g/mol. The molecule has 0 saturated carbocycles. The van der Waals surface area contributed by atoms with Gasteiger partial charge in [-0.05, 0) is 19.9 Å². The lowest BCUT2D eigenvalue weighted by Crippen LogP contribution is -2.15. The lowest BCUT2D eigenvalue weighted by atomic mass is 10.4. The summed E-state index contributed by atoms with van der Waals surface area (Å²) in [5.41, 5.74) is 4.06. The van der Waals surface area contributed by atoms with Crippen LogP contribution < -0.4 is 11.3 Å². The Morgan fingerprint density at radius 3 is 2.33 bits per heavy atom. The van der Waals surface area contributed by atoms with Gasteiger partial charge in [0, 0.05) is 5.69 Å². The van der Waals surface area contributed by atoms with Gasteiger partial charge in [-0.15, -0.1) is 20.4 Å². The zero-order valence-corrected chi connectivity index (χ0v) is 8.34. The second-order valence-corrected chi connectivity index (χ2v) is 3.01. The van der Waals surface area contributed by atoms with Crippen LogP contribution in [-0.2, 0) is 0 Å². The molecule has 2 aromatic rings. The van der Waals surface area contributed by atoms with Crippen molar-refractivity contribution in [2.45, 2.75) is 13.8 Å². The molecule has 8 nitrogen and oxygen atoms in total. The minimum atomic E-state index is 0.167. The van der Waals surface area contributed by atoms with E-state index in [9.17, 15) is 0 Å². The molecule has 0 unspecified atom stereocenters. The molecule has 0 aliphatic carbocycles. The molecule has 0 spiro atoms. The maximum atomic E-state index is 5.10. The van der Waals surface area contributed by atoms with E-state index in [0.717, 1.165) is 11.4 Å². The van der Waals surface area contributed by atoms with Gasteiger partial charge in [0.25, 0.3) is 11.9 Å². The van der Waals surface area contributed by atoms with Crippen molar-refractivity contribution in [1.29, 1.82) is 0 Å². The van der Waals surface area contributed by atoms with E-state index in [4.69, 9.17) is 5.84 Å². The zero-order valence-electron chi connectivity index (χ0n) is 8.34. The van der Waals surface area contributed by atoms with Gasteiger partial charge >= 0.3 is 0 Å². The first-order valence-electron chi connectivity index (χ1n) is 4.28. The molecular weight excluding hydrogens is 196 g/mol. The third-order valence-corrected chi connectivity index (χ3v) is 1.80. The fraction of sp³-hybridized carbons (Fsp3) is 0.286. The highest BCUT2D eigenvalue weighted by molar-refractivity contribution is 5.20. The van der Waals surface area contributed by atoms with Crippen LogP contribution in [0.5, 0.6) is 0 Å². The normalized spacial score (nSPS) is 10.3. The van der Waals surface area contributed by atoms with Crippen molar-refractivity contribution in [3.63, 3.8) is 0 Å². The average molecular weight is 206 g/mol. The van der Waals surface area contributed by atoms with E-state index in [-0.39, 0.29) is 5.95 Å². The maximum absolute atomic E-state index is 5.10. The number of rotatable bonds is 2. The molecule has 78 valence electrons. The van der Waals surface area contributed by atoms with Gasteiger partial charge in [0.15, 0.2) is 0 Å². The minimum absolute atomic E-state index is 0.167. The van der Waals surface area contributed by atoms with E-state index in [1.807, 2.05) is 19.9 Å². The molecule has 0 atom stereocenters. The smallest absolute Gasteiger partial charge is 0.289 e. The maximum Gasteiger partial charge on any atom is 0.289 e. The Hall–Kier alpha value is -2.09. The number of anilines is 1. The molecule has 0 fully saturated rings. The molecule has 15 heavy (non-hydrogen) atoms. The van der Waals surface area contributed by atoms with Crippen LogP contribution in [0.2, 0.25) is 0 Å². The van der Waals surface area contributed by atoms with Crippen LogP contribution in [0.3, 0.4) is 0 Å². The van der Waals surface area contributed by atoms with Crippen molar-refractivity contribution in [2.24, 2.45) is 5.84 Å². The Labute approximate surface area is 85.5 Å². The van der Waals surface area contributed by atoms with Crippen molar-refractivity contribution >= 4 is 5.95 Å². The van der Waals surface area contributed by atoms with Gasteiger partial charge < -0.3 is 0 Å². The van der Waals surface area contributed by atoms with Crippen LogP contribution >= 0.6 is 0 Å². The minimum Gasteiger partial charge on any atom is -0.290 e. The quantitative estimate of drug-likeness (QED) is 0.496. The first-order chi connectivity index (χ1) is 7.20. The molecular formula is C7H10N8. The second kappa shape index (κ2) is 3.58. The summed E-state index contributed by atoms with van der Waals surface area (Å²) in [7, 11) is 0. The Balaban J connectivity index is 2.41. The zero-order chi connectivity index (χ0) is 10.8. The Bertz CT molecular complexity index is 458. The van der Waals surface area contributed by atoms with Gasteiger partial charge in [0.1, 0.15) is 0 Å². The summed E-state index contributed by atoms with van der Waals surface area (Å²) in [4.78, 5) is 0. The molecule has 0 aromatic carbocycles. The van der Waals surface area contributed by atoms with E-state index < -0.39 is 0 Å². The number of nitrogens with zero attached hydrogens (tertiary/aromatic N) is 6. The summed E-state index contributed by atoms with van der Waals surface area (Å²) in [5.74, 6) is 5.58. The topological polar surface area (TPSA) is 107 Å². The number of nitrogens with one attached hydrogen (secondary N) is 1. The third kappa shape index (κ3) is 1.74. The van der Waals surface area contributed by atoms with Crippen molar-refractivity contribution in [3.05, 3.63) is 17.5 Å². The lowest BCUT2D eigenvalue weighted by Gasteiger charge is -2.00. The fourth-order valence-corrected chi connectivity index (χ4v) is 1.20. The number of nitrogen functional groups attached to an aromatic ring is 1. The van der Waals surface area contributed by atoms with Crippen molar-refractivity contribution in [1.82, 2.24) is 30.2 Å². The lowest BCUT2D eigenvalue weighted by molar-refractivity contribution is 0.711. The molecule has 0 saturated heterocycles. The van der Waals surface area contributed by atoms with Gasteiger partial charge in [-0.2, -0.15) is 5.10 Å². The van der Waals surface area contributed by atoms with Crippen molar-refractivity contribution in [3.8, 4) is 5.95 Å². The van der Waals surface area contributed by atoms with Crippen LogP contribution in [0.15, 0.2) is 6.07 Å². The number of hydrogen-bond donors (Lipinski definition) is 2. The molecule has 8 heteroatoms. The average Bonchev–Trinajstić information content (AvgIpc) is 2.58. The van der Waals surface area contributed by atoms with Gasteiger partial charge in [-0.1, -0.05) is 0 Å². The first-order valence-corrected chi connectivity index (χ1v) is 4.28. The SMILES string of the molecule is Cc1cc(C)n(-c2nnc(NN)nn2)n1. The van der Waals surface area contributed by atoms with Crippen molar-refractivity contribution in [2.75, 3.05) is 5.43 Å². The number of aryl methyl sites for hydroxylation is 2. The summed E-state index contributed by atoms with van der Waals surface area (Å²) < 4.78 is 1.57. The van der Waals surface area contributed by atoms with E-state index in [1.54, 1.807) is 4.68 Å². The van der Waals surface area contributed by atoms with E-state index in [2.05, 4.69) is 30.9 Å². The predicted octanol–water partition coefficient (Wildman–Crippen LogP) is -0.645. The number of nitrogens with two attached hydrogens (primary N) is 1. The summed E-state index contributed by atoms with van der Waals surface area (Å²) in [5, 5.41) is 19.3. The molecule has 2 rings (SSSR count). The van der Waals surface area contributed by atoms with E-state index in [0.29, 0.717) is 5.95 Å². The highest BCUT2D eigenvalue weighted by atomic mass is 15.5. The van der Waals surface area contributed by atoms with Crippen LogP contribution in [0.4, 0.5) is 5.95 Å². The molecule has 0 radical (unpaired) electrons. The highest BCUT2D eigenvalue weighted by Crippen LogP contribution is 2.05. The van der Waals surface area contributed by atoms with Crippen LogP contribution in [0.25, 0.3) is 5.95 Å². The summed E-state index contributed by atoms with van der Waals surface area (Å²) >= 11 is 0. The van der Waals surface area contributed by atoms with Crippen LogP contribution in [-0.4, -0.2) is 30.2 Å². The summed E-state index contributed by atoms with van der Waals surface area (Å²) in [6.07, 6.45) is 0. The molecule has 2 aromatic heterocycles. The standard InChI is InChI=1S/C7H10N8/c1-4-3-5(2)15(14-4)7-12-10-6(9-8)11-13-7/h3H,8H2,1-2H3,(H,9,10,11). The van der Waals surface area contributed by atoms with Gasteiger partial charge in [0.05, 0.1) is 5.69 Å². The van der Waals surface area contributed by atoms with Gasteiger partial charge in [-0.3, -0.25) is 5.43 Å². The molecule has 0 aliphatic rings. The Kier molecular flexibility index (Phi) is 2.26. The summed E-state index contributed by atoms with van der Waals surface area (Å²) in [6, 6.07) is 1.92. The Morgan fingerprint density at radius 2 is 1.87 bits per heavy atom. The van der Waals surface area contributed by atoms with Crippen molar-refractivity contribution < 1.29 is 0 Å². The second-order valence-electron chi connectivity index (χ2n) is 3.01. The molecule has 0 bridgehead atoms. The molecule has 0 amide bonds. The van der Waals surface area contributed by atoms with Crippen LogP contribution in [0.1, 0.15) is 11.4 Å². The van der Waals surface area contributed by atoms with Gasteiger partial charge in [0.2, 0.25) is 0 Å². The fourth-order valence-electron chi connectivity index (χ4n) is 1.20. The summed E-state index contributed by atoms with van der Waals surface area (Å²) in [6.45, 7) is 3.79.